The first-order chi connectivity index (χ1) is 8.09. The SMILES string of the molecule is Cc1cc(Br)cnc1NCC1(C)CCCCC1. The summed E-state index contributed by atoms with van der Waals surface area (Å²) in [5.41, 5.74) is 1.66. The van der Waals surface area contributed by atoms with E-state index in [0.29, 0.717) is 5.41 Å². The summed E-state index contributed by atoms with van der Waals surface area (Å²) < 4.78 is 1.05. The minimum absolute atomic E-state index is 0.458. The zero-order chi connectivity index (χ0) is 12.3. The molecule has 1 saturated carbocycles. The average Bonchev–Trinajstić information content (AvgIpc) is 2.29. The minimum Gasteiger partial charge on any atom is -0.369 e. The maximum Gasteiger partial charge on any atom is 0.128 e. The number of aryl methyl sites for hydroxylation is 1. The van der Waals surface area contributed by atoms with Gasteiger partial charge in [-0.25, -0.2) is 4.98 Å². The third-order valence-electron chi connectivity index (χ3n) is 3.79. The molecule has 1 fully saturated rings. The first kappa shape index (κ1) is 12.9. The number of aromatic nitrogens is 1. The molecule has 1 aliphatic rings. The Morgan fingerprint density at radius 2 is 2.06 bits per heavy atom. The third-order valence-corrected chi connectivity index (χ3v) is 4.22. The van der Waals surface area contributed by atoms with Gasteiger partial charge in [-0.15, -0.1) is 0 Å². The highest BCUT2D eigenvalue weighted by Crippen LogP contribution is 2.35. The Labute approximate surface area is 112 Å². The van der Waals surface area contributed by atoms with Crippen molar-refractivity contribution < 1.29 is 0 Å². The quantitative estimate of drug-likeness (QED) is 0.886. The number of hydrogen-bond donors (Lipinski definition) is 1. The Morgan fingerprint density at radius 3 is 2.71 bits per heavy atom. The van der Waals surface area contributed by atoms with Gasteiger partial charge in [-0.2, -0.15) is 0 Å². The Balaban J connectivity index is 1.97. The largest absolute Gasteiger partial charge is 0.369 e. The average molecular weight is 297 g/mol. The van der Waals surface area contributed by atoms with Gasteiger partial charge in [-0.05, 0) is 52.7 Å². The van der Waals surface area contributed by atoms with Gasteiger partial charge in [0.15, 0.2) is 0 Å². The molecule has 0 aliphatic heterocycles. The molecule has 1 heterocycles. The number of nitrogens with zero attached hydrogens (tertiary/aromatic N) is 1. The lowest BCUT2D eigenvalue weighted by Crippen LogP contribution is -2.29. The molecular formula is C14H21BrN2. The molecule has 0 spiro atoms. The Kier molecular flexibility index (Phi) is 4.08. The molecule has 0 atom stereocenters. The maximum absolute atomic E-state index is 4.44. The molecule has 0 bridgehead atoms. The monoisotopic (exact) mass is 296 g/mol. The van der Waals surface area contributed by atoms with Crippen molar-refractivity contribution in [1.82, 2.24) is 4.98 Å². The summed E-state index contributed by atoms with van der Waals surface area (Å²) >= 11 is 3.44. The number of nitrogens with one attached hydrogen (secondary N) is 1. The number of pyridine rings is 1. The second kappa shape index (κ2) is 5.38. The van der Waals surface area contributed by atoms with Gasteiger partial charge in [-0.1, -0.05) is 26.2 Å². The lowest BCUT2D eigenvalue weighted by Gasteiger charge is -2.34. The summed E-state index contributed by atoms with van der Waals surface area (Å²) in [6.45, 7) is 5.54. The van der Waals surface area contributed by atoms with Crippen LogP contribution in [0, 0.1) is 12.3 Å². The van der Waals surface area contributed by atoms with Crippen LogP contribution in [-0.4, -0.2) is 11.5 Å². The normalized spacial score (nSPS) is 19.0. The van der Waals surface area contributed by atoms with E-state index in [1.807, 2.05) is 6.20 Å². The second-order valence-electron chi connectivity index (χ2n) is 5.54. The number of rotatable bonds is 3. The fraction of sp³-hybridized carbons (Fsp3) is 0.643. The maximum atomic E-state index is 4.44. The molecule has 3 heteroatoms. The number of anilines is 1. The Hall–Kier alpha value is -0.570. The van der Waals surface area contributed by atoms with Crippen molar-refractivity contribution >= 4 is 21.7 Å². The summed E-state index contributed by atoms with van der Waals surface area (Å²) in [5.74, 6) is 1.03. The summed E-state index contributed by atoms with van der Waals surface area (Å²) in [5, 5.41) is 3.52. The number of hydrogen-bond acceptors (Lipinski definition) is 2. The standard InChI is InChI=1S/C14H21BrN2/c1-11-8-12(15)9-16-13(11)17-10-14(2)6-4-3-5-7-14/h8-9H,3-7,10H2,1-2H3,(H,16,17). The van der Waals surface area contributed by atoms with Gasteiger partial charge < -0.3 is 5.32 Å². The highest BCUT2D eigenvalue weighted by atomic mass is 79.9. The van der Waals surface area contributed by atoms with Crippen molar-refractivity contribution in [1.29, 1.82) is 0 Å². The van der Waals surface area contributed by atoms with E-state index in [9.17, 15) is 0 Å². The van der Waals surface area contributed by atoms with Crippen LogP contribution >= 0.6 is 15.9 Å². The molecule has 2 rings (SSSR count). The fourth-order valence-corrected chi connectivity index (χ4v) is 3.05. The zero-order valence-electron chi connectivity index (χ0n) is 10.7. The van der Waals surface area contributed by atoms with E-state index in [0.717, 1.165) is 16.8 Å². The van der Waals surface area contributed by atoms with E-state index in [4.69, 9.17) is 0 Å². The molecule has 1 aliphatic carbocycles. The molecule has 0 amide bonds. The summed E-state index contributed by atoms with van der Waals surface area (Å²) in [4.78, 5) is 4.44. The summed E-state index contributed by atoms with van der Waals surface area (Å²) in [6, 6.07) is 2.11. The van der Waals surface area contributed by atoms with E-state index in [1.54, 1.807) is 0 Å². The van der Waals surface area contributed by atoms with Crippen molar-refractivity contribution in [3.63, 3.8) is 0 Å². The van der Waals surface area contributed by atoms with E-state index in [2.05, 4.69) is 46.1 Å². The molecule has 1 aromatic rings. The number of halogens is 1. The highest BCUT2D eigenvalue weighted by Gasteiger charge is 2.26. The van der Waals surface area contributed by atoms with Crippen LogP contribution in [0.15, 0.2) is 16.7 Å². The Bertz CT molecular complexity index is 384. The van der Waals surface area contributed by atoms with Gasteiger partial charge in [0.25, 0.3) is 0 Å². The molecular weight excluding hydrogens is 276 g/mol. The van der Waals surface area contributed by atoms with Crippen LogP contribution in [0.2, 0.25) is 0 Å². The lowest BCUT2D eigenvalue weighted by atomic mass is 9.76. The molecule has 0 saturated heterocycles. The van der Waals surface area contributed by atoms with Crippen molar-refractivity contribution in [2.45, 2.75) is 46.0 Å². The van der Waals surface area contributed by atoms with E-state index in [-0.39, 0.29) is 0 Å². The van der Waals surface area contributed by atoms with Crippen LogP contribution in [0.4, 0.5) is 5.82 Å². The van der Waals surface area contributed by atoms with Gasteiger partial charge in [-0.3, -0.25) is 0 Å². The van der Waals surface area contributed by atoms with Crippen LogP contribution in [0.5, 0.6) is 0 Å². The Morgan fingerprint density at radius 1 is 1.35 bits per heavy atom. The van der Waals surface area contributed by atoms with Crippen LogP contribution in [0.3, 0.4) is 0 Å². The second-order valence-corrected chi connectivity index (χ2v) is 6.46. The molecule has 1 aromatic heterocycles. The van der Waals surface area contributed by atoms with E-state index < -0.39 is 0 Å². The van der Waals surface area contributed by atoms with E-state index >= 15 is 0 Å². The third kappa shape index (κ3) is 3.44. The molecule has 94 valence electrons. The topological polar surface area (TPSA) is 24.9 Å². The lowest BCUT2D eigenvalue weighted by molar-refractivity contribution is 0.233. The van der Waals surface area contributed by atoms with E-state index in [1.165, 1.54) is 37.7 Å². The molecule has 0 radical (unpaired) electrons. The zero-order valence-corrected chi connectivity index (χ0v) is 12.3. The van der Waals surface area contributed by atoms with Crippen molar-refractivity contribution in [3.05, 3.63) is 22.3 Å². The van der Waals surface area contributed by atoms with Crippen molar-refractivity contribution in [3.8, 4) is 0 Å². The first-order valence-electron chi connectivity index (χ1n) is 6.45. The fourth-order valence-electron chi connectivity index (χ4n) is 2.60. The van der Waals surface area contributed by atoms with Crippen LogP contribution in [0.1, 0.15) is 44.6 Å². The van der Waals surface area contributed by atoms with Gasteiger partial charge in [0.1, 0.15) is 5.82 Å². The van der Waals surface area contributed by atoms with Crippen LogP contribution in [0.25, 0.3) is 0 Å². The molecule has 0 aromatic carbocycles. The molecule has 17 heavy (non-hydrogen) atoms. The van der Waals surface area contributed by atoms with Gasteiger partial charge >= 0.3 is 0 Å². The van der Waals surface area contributed by atoms with Gasteiger partial charge in [0, 0.05) is 17.2 Å². The summed E-state index contributed by atoms with van der Waals surface area (Å²) in [6.07, 6.45) is 8.71. The van der Waals surface area contributed by atoms with Gasteiger partial charge in [0.05, 0.1) is 0 Å². The molecule has 2 nitrogen and oxygen atoms in total. The highest BCUT2D eigenvalue weighted by molar-refractivity contribution is 9.10. The predicted octanol–water partition coefficient (Wildman–Crippen LogP) is 4.53. The smallest absolute Gasteiger partial charge is 0.128 e. The van der Waals surface area contributed by atoms with Crippen LogP contribution < -0.4 is 5.32 Å². The van der Waals surface area contributed by atoms with Crippen molar-refractivity contribution in [2.24, 2.45) is 5.41 Å². The van der Waals surface area contributed by atoms with Crippen molar-refractivity contribution in [2.75, 3.05) is 11.9 Å². The molecule has 1 N–H and O–H groups in total. The van der Waals surface area contributed by atoms with Crippen LogP contribution in [-0.2, 0) is 0 Å². The molecule has 0 unspecified atom stereocenters. The summed E-state index contributed by atoms with van der Waals surface area (Å²) in [7, 11) is 0. The van der Waals surface area contributed by atoms with Gasteiger partial charge in [0.2, 0.25) is 0 Å². The predicted molar refractivity (Wildman–Crippen MR) is 76.4 cm³/mol. The minimum atomic E-state index is 0.458. The first-order valence-corrected chi connectivity index (χ1v) is 7.24.